The van der Waals surface area contributed by atoms with Crippen molar-refractivity contribution in [2.24, 2.45) is 0 Å². The minimum absolute atomic E-state index is 0.163. The fraction of sp³-hybridized carbons (Fsp3) is 0.188. The Hall–Kier alpha value is -2.29. The summed E-state index contributed by atoms with van der Waals surface area (Å²) < 4.78 is 36.5. The van der Waals surface area contributed by atoms with E-state index >= 15 is 0 Å². The van der Waals surface area contributed by atoms with Gasteiger partial charge in [-0.1, -0.05) is 34.7 Å². The van der Waals surface area contributed by atoms with E-state index in [0.717, 1.165) is 35.4 Å². The maximum Gasteiger partial charge on any atom is 0.262 e. The molecule has 0 unspecified atom stereocenters. The number of nitrogens with one attached hydrogen (secondary N) is 2. The van der Waals surface area contributed by atoms with Gasteiger partial charge in [-0.3, -0.25) is 9.63 Å². The molecule has 0 aliphatic carbocycles. The Kier molecular flexibility index (Phi) is 6.02. The lowest BCUT2D eigenvalue weighted by Gasteiger charge is -2.08. The Morgan fingerprint density at radius 2 is 1.71 bits per heavy atom. The van der Waals surface area contributed by atoms with Gasteiger partial charge in [0.2, 0.25) is 5.91 Å². The first-order valence-electron chi connectivity index (χ1n) is 7.08. The van der Waals surface area contributed by atoms with Crippen LogP contribution in [-0.2, 0) is 26.2 Å². The highest BCUT2D eigenvalue weighted by atomic mass is 32.2. The van der Waals surface area contributed by atoms with E-state index < -0.39 is 28.4 Å². The number of rotatable bonds is 7. The number of sulfonamides is 1. The summed E-state index contributed by atoms with van der Waals surface area (Å²) in [4.78, 5) is 18.0. The fourth-order valence-corrected chi connectivity index (χ4v) is 2.60. The first-order chi connectivity index (χ1) is 11.4. The lowest BCUT2D eigenvalue weighted by molar-refractivity contribution is -0.126. The number of halogens is 1. The van der Waals surface area contributed by atoms with Crippen LogP contribution in [0.4, 0.5) is 4.39 Å². The number of hydrogen-bond acceptors (Lipinski definition) is 4. The molecule has 8 heteroatoms. The van der Waals surface area contributed by atoms with E-state index in [9.17, 15) is 17.6 Å². The molecular formula is C16H17FN2O4S. The van der Waals surface area contributed by atoms with Crippen molar-refractivity contribution in [1.29, 1.82) is 0 Å². The van der Waals surface area contributed by atoms with Crippen molar-refractivity contribution in [3.05, 3.63) is 65.5 Å². The second-order valence-corrected chi connectivity index (χ2v) is 6.74. The molecule has 0 aromatic heterocycles. The van der Waals surface area contributed by atoms with E-state index in [1.165, 1.54) is 0 Å². The highest BCUT2D eigenvalue weighted by molar-refractivity contribution is 7.89. The molecule has 6 nitrogen and oxygen atoms in total. The van der Waals surface area contributed by atoms with Gasteiger partial charge in [-0.2, -0.15) is 0 Å². The molecular weight excluding hydrogens is 335 g/mol. The van der Waals surface area contributed by atoms with Crippen LogP contribution in [-0.4, -0.2) is 20.9 Å². The fourth-order valence-electron chi connectivity index (χ4n) is 1.79. The SMILES string of the molecule is Cc1ccc(CNC(=O)CONS(=O)(=O)c2ccc(F)cc2)cc1. The smallest absolute Gasteiger partial charge is 0.262 e. The number of aryl methyl sites for hydroxylation is 1. The monoisotopic (exact) mass is 352 g/mol. The summed E-state index contributed by atoms with van der Waals surface area (Å²) in [7, 11) is -3.96. The van der Waals surface area contributed by atoms with Crippen LogP contribution in [0, 0.1) is 12.7 Å². The van der Waals surface area contributed by atoms with Crippen molar-refractivity contribution in [1.82, 2.24) is 10.2 Å². The third-order valence-electron chi connectivity index (χ3n) is 3.11. The van der Waals surface area contributed by atoms with Crippen molar-refractivity contribution in [2.75, 3.05) is 6.61 Å². The van der Waals surface area contributed by atoms with Crippen molar-refractivity contribution in [2.45, 2.75) is 18.4 Å². The minimum Gasteiger partial charge on any atom is -0.350 e. The number of carbonyl (C=O) groups excluding carboxylic acids is 1. The van der Waals surface area contributed by atoms with Gasteiger partial charge >= 0.3 is 0 Å². The summed E-state index contributed by atoms with van der Waals surface area (Å²) in [6, 6.07) is 11.8. The van der Waals surface area contributed by atoms with E-state index in [0.29, 0.717) is 6.54 Å². The molecule has 0 aliphatic rings. The number of carbonyl (C=O) groups is 1. The van der Waals surface area contributed by atoms with Crippen molar-refractivity contribution in [3.8, 4) is 0 Å². The largest absolute Gasteiger partial charge is 0.350 e. The van der Waals surface area contributed by atoms with Crippen molar-refractivity contribution >= 4 is 15.9 Å². The summed E-state index contributed by atoms with van der Waals surface area (Å²) in [6.45, 7) is 1.79. The van der Waals surface area contributed by atoms with Crippen LogP contribution < -0.4 is 10.2 Å². The zero-order valence-electron chi connectivity index (χ0n) is 13.0. The van der Waals surface area contributed by atoms with Crippen LogP contribution in [0.1, 0.15) is 11.1 Å². The van der Waals surface area contributed by atoms with E-state index in [1.54, 1.807) is 0 Å². The van der Waals surface area contributed by atoms with Gasteiger partial charge in [0.05, 0.1) is 4.90 Å². The van der Waals surface area contributed by atoms with Crippen LogP contribution >= 0.6 is 0 Å². The van der Waals surface area contributed by atoms with E-state index in [2.05, 4.69) is 5.32 Å². The standard InChI is InChI=1S/C16H17FN2O4S/c1-12-2-4-13(5-3-12)10-18-16(20)11-23-19-24(21,22)15-8-6-14(17)7-9-15/h2-9,19H,10-11H2,1H3,(H,18,20). The number of amides is 1. The molecule has 0 aliphatic heterocycles. The molecule has 0 heterocycles. The summed E-state index contributed by atoms with van der Waals surface area (Å²) >= 11 is 0. The molecule has 2 aromatic carbocycles. The van der Waals surface area contributed by atoms with E-state index in [-0.39, 0.29) is 4.90 Å². The highest BCUT2D eigenvalue weighted by Crippen LogP contribution is 2.09. The molecule has 24 heavy (non-hydrogen) atoms. The van der Waals surface area contributed by atoms with E-state index in [1.807, 2.05) is 36.1 Å². The molecule has 1 amide bonds. The maximum atomic E-state index is 12.8. The molecule has 0 spiro atoms. The Morgan fingerprint density at radius 1 is 1.08 bits per heavy atom. The third kappa shape index (κ3) is 5.41. The predicted molar refractivity (Wildman–Crippen MR) is 85.7 cm³/mol. The number of benzene rings is 2. The summed E-state index contributed by atoms with van der Waals surface area (Å²) in [6.07, 6.45) is 0. The van der Waals surface area contributed by atoms with Crippen molar-refractivity contribution < 1.29 is 22.4 Å². The summed E-state index contributed by atoms with van der Waals surface area (Å²) in [5.74, 6) is -1.03. The van der Waals surface area contributed by atoms with Crippen LogP contribution in [0.15, 0.2) is 53.4 Å². The average Bonchev–Trinajstić information content (AvgIpc) is 2.54. The van der Waals surface area contributed by atoms with Gasteiger partial charge in [0.25, 0.3) is 10.0 Å². The van der Waals surface area contributed by atoms with Crippen molar-refractivity contribution in [3.63, 3.8) is 0 Å². The van der Waals surface area contributed by atoms with Gasteiger partial charge in [-0.05, 0) is 36.8 Å². The Morgan fingerprint density at radius 3 is 2.33 bits per heavy atom. The lowest BCUT2D eigenvalue weighted by atomic mass is 10.1. The maximum absolute atomic E-state index is 12.8. The second-order valence-electron chi connectivity index (χ2n) is 5.09. The summed E-state index contributed by atoms with van der Waals surface area (Å²) in [5.41, 5.74) is 2.03. The highest BCUT2D eigenvalue weighted by Gasteiger charge is 2.14. The predicted octanol–water partition coefficient (Wildman–Crippen LogP) is 1.66. The Balaban J connectivity index is 1.77. The Labute approximate surface area is 139 Å². The van der Waals surface area contributed by atoms with Gasteiger partial charge in [0.1, 0.15) is 12.4 Å². The molecule has 0 atom stereocenters. The first-order valence-corrected chi connectivity index (χ1v) is 8.56. The lowest BCUT2D eigenvalue weighted by Crippen LogP contribution is -2.32. The molecule has 0 bridgehead atoms. The van der Waals surface area contributed by atoms with Gasteiger partial charge in [-0.25, -0.2) is 12.8 Å². The van der Waals surface area contributed by atoms with Gasteiger partial charge in [0, 0.05) is 6.54 Å². The average molecular weight is 352 g/mol. The van der Waals surface area contributed by atoms with Crippen LogP contribution in [0.3, 0.4) is 0 Å². The Bertz CT molecular complexity index is 790. The molecule has 0 saturated heterocycles. The zero-order valence-corrected chi connectivity index (χ0v) is 13.8. The first kappa shape index (κ1) is 18.1. The minimum atomic E-state index is -3.96. The summed E-state index contributed by atoms with van der Waals surface area (Å²) in [5, 5.41) is 2.60. The third-order valence-corrected chi connectivity index (χ3v) is 4.34. The quantitative estimate of drug-likeness (QED) is 0.742. The molecule has 2 aromatic rings. The molecule has 0 fully saturated rings. The molecule has 0 radical (unpaired) electrons. The molecule has 0 saturated carbocycles. The normalized spacial score (nSPS) is 11.2. The van der Waals surface area contributed by atoms with Crippen LogP contribution in [0.25, 0.3) is 0 Å². The van der Waals surface area contributed by atoms with Gasteiger partial charge in [0.15, 0.2) is 0 Å². The number of hydrogen-bond donors (Lipinski definition) is 2. The van der Waals surface area contributed by atoms with Gasteiger partial charge in [-0.15, -0.1) is 0 Å². The van der Waals surface area contributed by atoms with E-state index in [4.69, 9.17) is 4.84 Å². The van der Waals surface area contributed by atoms with Crippen LogP contribution in [0.2, 0.25) is 0 Å². The molecule has 2 N–H and O–H groups in total. The topological polar surface area (TPSA) is 84.5 Å². The second kappa shape index (κ2) is 8.00. The zero-order chi connectivity index (χ0) is 17.6. The molecule has 2 rings (SSSR count). The van der Waals surface area contributed by atoms with Gasteiger partial charge < -0.3 is 5.32 Å². The molecule has 128 valence electrons. The van der Waals surface area contributed by atoms with Crippen LogP contribution in [0.5, 0.6) is 0 Å².